The minimum absolute atomic E-state index is 0.0656. The summed E-state index contributed by atoms with van der Waals surface area (Å²) >= 11 is 3.34. The topological polar surface area (TPSA) is 88.2 Å². The van der Waals surface area contributed by atoms with Crippen molar-refractivity contribution in [2.75, 3.05) is 57.4 Å². The molecular weight excluding hydrogens is 510 g/mol. The number of sulfonamides is 1. The number of nitrogens with zero attached hydrogens (tertiary/aromatic N) is 2. The second-order valence-corrected chi connectivity index (χ2v) is 10.5. The summed E-state index contributed by atoms with van der Waals surface area (Å²) in [6.45, 7) is 6.20. The third-order valence-corrected chi connectivity index (χ3v) is 7.79. The predicted molar refractivity (Wildman–Crippen MR) is 131 cm³/mol. The van der Waals surface area contributed by atoms with Gasteiger partial charge in [-0.05, 0) is 66.2 Å². The number of morpholine rings is 1. The van der Waals surface area contributed by atoms with Gasteiger partial charge in [0.2, 0.25) is 5.91 Å². The van der Waals surface area contributed by atoms with Gasteiger partial charge in [0, 0.05) is 19.6 Å². The van der Waals surface area contributed by atoms with Crippen LogP contribution in [0.2, 0.25) is 0 Å². The minimum atomic E-state index is -3.99. The fraction of sp³-hybridized carbons (Fsp3) is 0.435. The Morgan fingerprint density at radius 2 is 1.88 bits per heavy atom. The molecule has 0 bridgehead atoms. The van der Waals surface area contributed by atoms with Crippen LogP contribution in [0.4, 0.5) is 5.69 Å². The fourth-order valence-corrected chi connectivity index (χ4v) is 5.64. The van der Waals surface area contributed by atoms with E-state index in [-0.39, 0.29) is 17.3 Å². The highest BCUT2D eigenvalue weighted by atomic mass is 79.9. The molecule has 0 aliphatic carbocycles. The molecule has 3 rings (SSSR count). The molecule has 0 unspecified atom stereocenters. The van der Waals surface area contributed by atoms with Crippen LogP contribution in [0.25, 0.3) is 0 Å². The first-order valence-electron chi connectivity index (χ1n) is 10.8. The van der Waals surface area contributed by atoms with E-state index >= 15 is 0 Å². The number of rotatable bonds is 10. The maximum Gasteiger partial charge on any atom is 0.264 e. The van der Waals surface area contributed by atoms with Crippen molar-refractivity contribution >= 4 is 37.5 Å². The summed E-state index contributed by atoms with van der Waals surface area (Å²) in [6.07, 6.45) is 0.786. The molecule has 1 fully saturated rings. The molecule has 0 spiro atoms. The van der Waals surface area contributed by atoms with Crippen LogP contribution in [0.5, 0.6) is 5.75 Å². The van der Waals surface area contributed by atoms with Crippen molar-refractivity contribution in [3.63, 3.8) is 0 Å². The maximum absolute atomic E-state index is 13.5. The first kappa shape index (κ1) is 25.5. The number of halogens is 1. The number of carbonyl (C=O) groups is 1. The lowest BCUT2D eigenvalue weighted by Crippen LogP contribution is -2.42. The van der Waals surface area contributed by atoms with Gasteiger partial charge in [0.25, 0.3) is 10.0 Å². The van der Waals surface area contributed by atoms with Crippen molar-refractivity contribution in [3.05, 3.63) is 52.5 Å². The van der Waals surface area contributed by atoms with Crippen molar-refractivity contribution in [2.45, 2.75) is 18.2 Å². The Bertz CT molecular complexity index is 1040. The van der Waals surface area contributed by atoms with Crippen molar-refractivity contribution in [1.29, 1.82) is 0 Å². The number of benzene rings is 2. The number of nitrogens with one attached hydrogen (secondary N) is 1. The number of aryl methyl sites for hydroxylation is 1. The molecule has 0 radical (unpaired) electrons. The number of carbonyl (C=O) groups excluding carboxylic acids is 1. The molecule has 33 heavy (non-hydrogen) atoms. The summed E-state index contributed by atoms with van der Waals surface area (Å²) < 4.78 is 39.2. The lowest BCUT2D eigenvalue weighted by atomic mass is 10.2. The van der Waals surface area contributed by atoms with Crippen LogP contribution in [-0.2, 0) is 19.6 Å². The van der Waals surface area contributed by atoms with Crippen LogP contribution in [0.15, 0.2) is 51.8 Å². The van der Waals surface area contributed by atoms with Gasteiger partial charge in [0.15, 0.2) is 0 Å². The molecule has 180 valence electrons. The lowest BCUT2D eigenvalue weighted by Gasteiger charge is -2.26. The Morgan fingerprint density at radius 3 is 2.52 bits per heavy atom. The van der Waals surface area contributed by atoms with Crippen molar-refractivity contribution in [2.24, 2.45) is 0 Å². The molecule has 1 aliphatic rings. The van der Waals surface area contributed by atoms with Gasteiger partial charge in [-0.15, -0.1) is 0 Å². The largest absolute Gasteiger partial charge is 0.496 e. The number of methoxy groups -OCH3 is 1. The monoisotopic (exact) mass is 539 g/mol. The maximum atomic E-state index is 13.5. The molecule has 0 saturated carbocycles. The number of ether oxygens (including phenoxy) is 2. The van der Waals surface area contributed by atoms with E-state index in [1.54, 1.807) is 18.2 Å². The first-order valence-corrected chi connectivity index (χ1v) is 13.0. The molecule has 1 N–H and O–H groups in total. The van der Waals surface area contributed by atoms with Gasteiger partial charge in [0.1, 0.15) is 12.3 Å². The third-order valence-electron chi connectivity index (χ3n) is 5.40. The van der Waals surface area contributed by atoms with Crippen LogP contribution in [0, 0.1) is 6.92 Å². The van der Waals surface area contributed by atoms with Crippen LogP contribution >= 0.6 is 15.9 Å². The van der Waals surface area contributed by atoms with Gasteiger partial charge in [-0.1, -0.05) is 17.7 Å². The normalized spacial score (nSPS) is 14.6. The van der Waals surface area contributed by atoms with E-state index in [9.17, 15) is 13.2 Å². The zero-order valence-electron chi connectivity index (χ0n) is 18.9. The van der Waals surface area contributed by atoms with Gasteiger partial charge in [0.05, 0.1) is 35.4 Å². The summed E-state index contributed by atoms with van der Waals surface area (Å²) in [6, 6.07) is 11.6. The van der Waals surface area contributed by atoms with E-state index in [4.69, 9.17) is 9.47 Å². The average molecular weight is 540 g/mol. The number of anilines is 1. The quantitative estimate of drug-likeness (QED) is 0.467. The van der Waals surface area contributed by atoms with Gasteiger partial charge < -0.3 is 14.8 Å². The van der Waals surface area contributed by atoms with E-state index in [1.807, 2.05) is 19.1 Å². The van der Waals surface area contributed by atoms with Crippen LogP contribution in [-0.4, -0.2) is 72.3 Å². The number of hydrogen-bond acceptors (Lipinski definition) is 6. The molecule has 1 saturated heterocycles. The molecule has 0 aromatic heterocycles. The van der Waals surface area contributed by atoms with E-state index in [2.05, 4.69) is 26.1 Å². The average Bonchev–Trinajstić information content (AvgIpc) is 2.81. The number of amides is 1. The highest BCUT2D eigenvalue weighted by Gasteiger charge is 2.28. The zero-order chi connectivity index (χ0) is 23.8. The molecule has 1 aliphatic heterocycles. The van der Waals surface area contributed by atoms with Crippen molar-refractivity contribution < 1.29 is 22.7 Å². The minimum Gasteiger partial charge on any atom is -0.496 e. The molecule has 1 amide bonds. The predicted octanol–water partition coefficient (Wildman–Crippen LogP) is 2.80. The summed E-state index contributed by atoms with van der Waals surface area (Å²) in [7, 11) is -2.48. The molecule has 0 atom stereocenters. The van der Waals surface area contributed by atoms with Crippen LogP contribution in [0.3, 0.4) is 0 Å². The van der Waals surface area contributed by atoms with E-state index in [0.29, 0.717) is 22.5 Å². The Morgan fingerprint density at radius 1 is 1.18 bits per heavy atom. The van der Waals surface area contributed by atoms with Crippen LogP contribution < -0.4 is 14.4 Å². The van der Waals surface area contributed by atoms with Crippen LogP contribution in [0.1, 0.15) is 12.0 Å². The summed E-state index contributed by atoms with van der Waals surface area (Å²) in [5.74, 6) is 0.169. The Balaban J connectivity index is 1.72. The Labute approximate surface area is 204 Å². The Kier molecular flexibility index (Phi) is 9.13. The molecular formula is C23H30BrN3O5S. The molecule has 8 nitrogen and oxygen atoms in total. The van der Waals surface area contributed by atoms with Crippen molar-refractivity contribution in [1.82, 2.24) is 10.2 Å². The smallest absolute Gasteiger partial charge is 0.264 e. The third kappa shape index (κ3) is 6.92. The second kappa shape index (κ2) is 11.8. The standard InChI is InChI=1S/C23H30BrN3O5S/c1-18-4-6-19(7-5-18)27(33(29,30)20-8-9-22(31-2)21(24)16-20)17-23(28)25-10-3-11-26-12-14-32-15-13-26/h4-9,16H,3,10-15,17H2,1-2H3,(H,25,28). The number of hydrogen-bond donors (Lipinski definition) is 1. The van der Waals surface area contributed by atoms with E-state index in [1.165, 1.54) is 19.2 Å². The lowest BCUT2D eigenvalue weighted by molar-refractivity contribution is -0.119. The second-order valence-electron chi connectivity index (χ2n) is 7.80. The van der Waals surface area contributed by atoms with Gasteiger partial charge in [-0.25, -0.2) is 8.42 Å². The molecule has 2 aromatic carbocycles. The van der Waals surface area contributed by atoms with E-state index < -0.39 is 10.0 Å². The summed E-state index contributed by atoms with van der Waals surface area (Å²) in [4.78, 5) is 15.1. The summed E-state index contributed by atoms with van der Waals surface area (Å²) in [5, 5.41) is 2.85. The zero-order valence-corrected chi connectivity index (χ0v) is 21.3. The van der Waals surface area contributed by atoms with Gasteiger partial charge in [-0.3, -0.25) is 14.0 Å². The molecule has 2 aromatic rings. The van der Waals surface area contributed by atoms with Gasteiger partial charge in [-0.2, -0.15) is 0 Å². The first-order chi connectivity index (χ1) is 15.8. The highest BCUT2D eigenvalue weighted by molar-refractivity contribution is 9.10. The highest BCUT2D eigenvalue weighted by Crippen LogP contribution is 2.30. The molecule has 10 heteroatoms. The van der Waals surface area contributed by atoms with Crippen molar-refractivity contribution in [3.8, 4) is 5.75 Å². The molecule has 1 heterocycles. The van der Waals surface area contributed by atoms with Gasteiger partial charge >= 0.3 is 0 Å². The summed E-state index contributed by atoms with van der Waals surface area (Å²) in [5.41, 5.74) is 1.42. The Hall–Kier alpha value is -2.14. The SMILES string of the molecule is COc1ccc(S(=O)(=O)N(CC(=O)NCCCN2CCOCC2)c2ccc(C)cc2)cc1Br. The fourth-order valence-electron chi connectivity index (χ4n) is 3.50. The van der Waals surface area contributed by atoms with E-state index in [0.717, 1.165) is 49.1 Å².